The molecule has 0 aromatic rings. The number of hydrogen-bond acceptors (Lipinski definition) is 3. The highest BCUT2D eigenvalue weighted by molar-refractivity contribution is 6.19. The van der Waals surface area contributed by atoms with Gasteiger partial charge in [-0.05, 0) is 19.8 Å². The molecule has 0 aromatic heterocycles. The first-order chi connectivity index (χ1) is 5.60. The van der Waals surface area contributed by atoms with Crippen molar-refractivity contribution in [3.63, 3.8) is 0 Å². The maximum Gasteiger partial charge on any atom is 0.510 e. The van der Waals surface area contributed by atoms with E-state index in [1.54, 1.807) is 6.92 Å². The lowest BCUT2D eigenvalue weighted by Gasteiger charge is -2.14. The lowest BCUT2D eigenvalue weighted by atomic mass is 10.2. The fourth-order valence-corrected chi connectivity index (χ4v) is 0.825. The van der Waals surface area contributed by atoms with E-state index in [4.69, 9.17) is 16.3 Å². The maximum atomic E-state index is 10.9. The Morgan fingerprint density at radius 2 is 1.83 bits per heavy atom. The molecule has 0 aliphatic rings. The standard InChI is InChI=1S/C8H15ClO3/c1-4-7(5-2)12-8(10)11-6(3)9/h6-7H,4-5H2,1-3H3. The van der Waals surface area contributed by atoms with Gasteiger partial charge in [0, 0.05) is 0 Å². The summed E-state index contributed by atoms with van der Waals surface area (Å²) in [7, 11) is 0. The summed E-state index contributed by atoms with van der Waals surface area (Å²) in [5.41, 5.74) is -0.633. The van der Waals surface area contributed by atoms with Gasteiger partial charge < -0.3 is 9.47 Å². The third kappa shape index (κ3) is 5.24. The van der Waals surface area contributed by atoms with Gasteiger partial charge >= 0.3 is 6.16 Å². The van der Waals surface area contributed by atoms with Gasteiger partial charge in [0.05, 0.1) is 0 Å². The summed E-state index contributed by atoms with van der Waals surface area (Å²) < 4.78 is 9.50. The lowest BCUT2D eigenvalue weighted by Crippen LogP contribution is -2.19. The second kappa shape index (κ2) is 6.12. The number of carbonyl (C=O) groups excluding carboxylic acids is 1. The molecule has 0 saturated heterocycles. The molecule has 0 heterocycles. The maximum absolute atomic E-state index is 10.9. The number of ether oxygens (including phenoxy) is 2. The summed E-state index contributed by atoms with van der Waals surface area (Å²) in [6, 6.07) is 0. The zero-order valence-corrected chi connectivity index (χ0v) is 8.43. The Morgan fingerprint density at radius 3 is 2.17 bits per heavy atom. The highest BCUT2D eigenvalue weighted by Crippen LogP contribution is 2.06. The van der Waals surface area contributed by atoms with Crippen LogP contribution in [0.15, 0.2) is 0 Å². The zero-order chi connectivity index (χ0) is 9.56. The Labute approximate surface area is 78.0 Å². The summed E-state index contributed by atoms with van der Waals surface area (Å²) in [5.74, 6) is 0. The molecule has 1 atom stereocenters. The van der Waals surface area contributed by atoms with Gasteiger partial charge in [-0.2, -0.15) is 0 Å². The Morgan fingerprint density at radius 1 is 1.33 bits per heavy atom. The number of rotatable bonds is 4. The van der Waals surface area contributed by atoms with Crippen LogP contribution in [-0.4, -0.2) is 17.8 Å². The van der Waals surface area contributed by atoms with Gasteiger partial charge in [0.1, 0.15) is 6.10 Å². The molecule has 0 aliphatic carbocycles. The molecule has 0 fully saturated rings. The normalized spacial score (nSPS) is 12.8. The molecular formula is C8H15ClO3. The van der Waals surface area contributed by atoms with Gasteiger partial charge in [0.15, 0.2) is 5.56 Å². The summed E-state index contributed by atoms with van der Waals surface area (Å²) in [5, 5.41) is 0. The van der Waals surface area contributed by atoms with Crippen molar-refractivity contribution in [3.05, 3.63) is 0 Å². The van der Waals surface area contributed by atoms with Gasteiger partial charge in [-0.15, -0.1) is 0 Å². The third-order valence-corrected chi connectivity index (χ3v) is 1.52. The minimum Gasteiger partial charge on any atom is -0.431 e. The SMILES string of the molecule is CCC(CC)OC(=O)OC(C)Cl. The van der Waals surface area contributed by atoms with Gasteiger partial charge in [-0.25, -0.2) is 4.79 Å². The number of halogens is 1. The second-order valence-corrected chi connectivity index (χ2v) is 3.08. The van der Waals surface area contributed by atoms with Crippen LogP contribution < -0.4 is 0 Å². The molecule has 0 radical (unpaired) electrons. The summed E-state index contributed by atoms with van der Waals surface area (Å²) in [6.07, 6.45) is 0.837. The summed E-state index contributed by atoms with van der Waals surface area (Å²) >= 11 is 5.42. The first-order valence-electron chi connectivity index (χ1n) is 4.11. The average molecular weight is 195 g/mol. The molecule has 0 spiro atoms. The summed E-state index contributed by atoms with van der Waals surface area (Å²) in [4.78, 5) is 10.9. The lowest BCUT2D eigenvalue weighted by molar-refractivity contribution is 0.0166. The van der Waals surface area contributed by atoms with Gasteiger partial charge in [0.2, 0.25) is 0 Å². The predicted molar refractivity (Wildman–Crippen MR) is 47.3 cm³/mol. The second-order valence-electron chi connectivity index (χ2n) is 2.47. The average Bonchev–Trinajstić information content (AvgIpc) is 1.98. The first kappa shape index (κ1) is 11.6. The van der Waals surface area contributed by atoms with Crippen LogP contribution in [0.4, 0.5) is 4.79 Å². The van der Waals surface area contributed by atoms with E-state index >= 15 is 0 Å². The molecule has 0 rings (SSSR count). The molecule has 4 heteroatoms. The van der Waals surface area contributed by atoms with Crippen LogP contribution in [0.5, 0.6) is 0 Å². The zero-order valence-electron chi connectivity index (χ0n) is 7.67. The molecule has 12 heavy (non-hydrogen) atoms. The van der Waals surface area contributed by atoms with Crippen LogP contribution in [0.25, 0.3) is 0 Å². The molecule has 0 amide bonds. The van der Waals surface area contributed by atoms with Crippen LogP contribution in [0.3, 0.4) is 0 Å². The van der Waals surface area contributed by atoms with Crippen molar-refractivity contribution < 1.29 is 14.3 Å². The largest absolute Gasteiger partial charge is 0.510 e. The van der Waals surface area contributed by atoms with Gasteiger partial charge in [0.25, 0.3) is 0 Å². The number of hydrogen-bond donors (Lipinski definition) is 0. The molecule has 0 N–H and O–H groups in total. The van der Waals surface area contributed by atoms with E-state index in [-0.39, 0.29) is 6.10 Å². The number of alkyl halides is 1. The van der Waals surface area contributed by atoms with Crippen molar-refractivity contribution in [2.75, 3.05) is 0 Å². The molecule has 72 valence electrons. The van der Waals surface area contributed by atoms with E-state index in [1.807, 2.05) is 13.8 Å². The van der Waals surface area contributed by atoms with Crippen molar-refractivity contribution in [3.8, 4) is 0 Å². The van der Waals surface area contributed by atoms with Crippen LogP contribution in [0.2, 0.25) is 0 Å². The van der Waals surface area contributed by atoms with Gasteiger partial charge in [-0.1, -0.05) is 25.4 Å². The predicted octanol–water partition coefficient (Wildman–Crippen LogP) is 2.91. The van der Waals surface area contributed by atoms with E-state index in [9.17, 15) is 4.79 Å². The molecule has 0 bridgehead atoms. The molecule has 0 aromatic carbocycles. The van der Waals surface area contributed by atoms with Crippen LogP contribution in [0, 0.1) is 0 Å². The highest BCUT2D eigenvalue weighted by atomic mass is 35.5. The van der Waals surface area contributed by atoms with Crippen molar-refractivity contribution >= 4 is 17.8 Å². The van der Waals surface area contributed by atoms with Crippen molar-refractivity contribution in [2.24, 2.45) is 0 Å². The van der Waals surface area contributed by atoms with E-state index in [2.05, 4.69) is 4.74 Å². The van der Waals surface area contributed by atoms with Crippen LogP contribution in [0.1, 0.15) is 33.6 Å². The van der Waals surface area contributed by atoms with Crippen molar-refractivity contribution in [1.29, 1.82) is 0 Å². The van der Waals surface area contributed by atoms with Gasteiger partial charge in [-0.3, -0.25) is 0 Å². The molecule has 0 aliphatic heterocycles. The topological polar surface area (TPSA) is 35.5 Å². The fourth-order valence-electron chi connectivity index (χ4n) is 0.752. The molecule has 3 nitrogen and oxygen atoms in total. The molecular weight excluding hydrogens is 180 g/mol. The Hall–Kier alpha value is -0.440. The first-order valence-corrected chi connectivity index (χ1v) is 4.55. The Kier molecular flexibility index (Phi) is 5.89. The minimum atomic E-state index is -0.689. The van der Waals surface area contributed by atoms with Crippen LogP contribution >= 0.6 is 11.6 Å². The van der Waals surface area contributed by atoms with E-state index in [1.165, 1.54) is 0 Å². The number of carbonyl (C=O) groups is 1. The smallest absolute Gasteiger partial charge is 0.431 e. The fraction of sp³-hybridized carbons (Fsp3) is 0.875. The third-order valence-electron chi connectivity index (χ3n) is 1.43. The van der Waals surface area contributed by atoms with Crippen molar-refractivity contribution in [1.82, 2.24) is 0 Å². The van der Waals surface area contributed by atoms with E-state index in [0.717, 1.165) is 12.8 Å². The molecule has 0 saturated carbocycles. The minimum absolute atomic E-state index is 0.0621. The summed E-state index contributed by atoms with van der Waals surface area (Å²) in [6.45, 7) is 5.47. The van der Waals surface area contributed by atoms with Crippen molar-refractivity contribution in [2.45, 2.75) is 45.3 Å². The van der Waals surface area contributed by atoms with E-state index in [0.29, 0.717) is 0 Å². The molecule has 1 unspecified atom stereocenters. The van der Waals surface area contributed by atoms with E-state index < -0.39 is 11.7 Å². The quantitative estimate of drug-likeness (QED) is 0.510. The monoisotopic (exact) mass is 194 g/mol. The van der Waals surface area contributed by atoms with Crippen LogP contribution in [-0.2, 0) is 9.47 Å². The Bertz CT molecular complexity index is 132. The highest BCUT2D eigenvalue weighted by Gasteiger charge is 2.13. The Balaban J connectivity index is 3.66.